The smallest absolute Gasteiger partial charge is 0.162 e. The second kappa shape index (κ2) is 8.54. The molecule has 33 heavy (non-hydrogen) atoms. The molecule has 4 aromatic rings. The SMILES string of the molecule is CC1(C)OCC(C)(c2nc(NCc3ccccn3)c3c(-c4ccccc4)cccc3n2)CO1. The van der Waals surface area contributed by atoms with Crippen LogP contribution in [0.25, 0.3) is 22.0 Å². The van der Waals surface area contributed by atoms with Crippen molar-refractivity contribution in [3.05, 3.63) is 84.4 Å². The summed E-state index contributed by atoms with van der Waals surface area (Å²) in [4.78, 5) is 14.5. The highest BCUT2D eigenvalue weighted by atomic mass is 16.7. The number of ether oxygens (including phenoxy) is 2. The number of hydrogen-bond donors (Lipinski definition) is 1. The van der Waals surface area contributed by atoms with E-state index in [0.717, 1.165) is 33.5 Å². The Balaban J connectivity index is 1.62. The molecule has 0 aliphatic carbocycles. The van der Waals surface area contributed by atoms with Gasteiger partial charge in [0.15, 0.2) is 5.79 Å². The topological polar surface area (TPSA) is 69.2 Å². The van der Waals surface area contributed by atoms with Gasteiger partial charge in [-0.3, -0.25) is 4.98 Å². The zero-order chi connectivity index (χ0) is 22.9. The van der Waals surface area contributed by atoms with E-state index in [1.165, 1.54) is 0 Å². The lowest BCUT2D eigenvalue weighted by atomic mass is 9.90. The second-order valence-electron chi connectivity index (χ2n) is 9.17. The van der Waals surface area contributed by atoms with Crippen LogP contribution in [0.15, 0.2) is 72.9 Å². The molecule has 0 saturated carbocycles. The van der Waals surface area contributed by atoms with Crippen LogP contribution in [-0.2, 0) is 21.4 Å². The summed E-state index contributed by atoms with van der Waals surface area (Å²) in [5, 5.41) is 4.52. The molecule has 2 aromatic heterocycles. The van der Waals surface area contributed by atoms with Gasteiger partial charge in [-0.2, -0.15) is 0 Å². The zero-order valence-electron chi connectivity index (χ0n) is 19.2. The molecular formula is C27H28N4O2. The van der Waals surface area contributed by atoms with Crippen molar-refractivity contribution in [1.82, 2.24) is 15.0 Å². The van der Waals surface area contributed by atoms with Gasteiger partial charge in [0.05, 0.1) is 41.8 Å². The second-order valence-corrected chi connectivity index (χ2v) is 9.17. The number of anilines is 1. The molecular weight excluding hydrogens is 412 g/mol. The molecule has 0 unspecified atom stereocenters. The number of aromatic nitrogens is 3. The first-order valence-corrected chi connectivity index (χ1v) is 11.2. The third-order valence-electron chi connectivity index (χ3n) is 5.99. The van der Waals surface area contributed by atoms with Gasteiger partial charge in [0.1, 0.15) is 11.6 Å². The van der Waals surface area contributed by atoms with Gasteiger partial charge in [-0.15, -0.1) is 0 Å². The predicted octanol–water partition coefficient (Wildman–Crippen LogP) is 5.34. The van der Waals surface area contributed by atoms with Gasteiger partial charge in [0.25, 0.3) is 0 Å². The van der Waals surface area contributed by atoms with Gasteiger partial charge in [0, 0.05) is 6.20 Å². The monoisotopic (exact) mass is 440 g/mol. The summed E-state index contributed by atoms with van der Waals surface area (Å²) < 4.78 is 12.0. The molecule has 0 atom stereocenters. The number of nitrogens with zero attached hydrogens (tertiary/aromatic N) is 3. The molecule has 3 heterocycles. The molecule has 1 fully saturated rings. The highest BCUT2D eigenvalue weighted by molar-refractivity contribution is 6.01. The number of fused-ring (bicyclic) bond motifs is 1. The number of nitrogens with one attached hydrogen (secondary N) is 1. The van der Waals surface area contributed by atoms with Gasteiger partial charge in [-0.1, -0.05) is 48.5 Å². The molecule has 1 aliphatic rings. The Morgan fingerprint density at radius 2 is 1.61 bits per heavy atom. The first-order chi connectivity index (χ1) is 15.9. The van der Waals surface area contributed by atoms with E-state index >= 15 is 0 Å². The summed E-state index contributed by atoms with van der Waals surface area (Å²) in [5.74, 6) is 0.891. The van der Waals surface area contributed by atoms with E-state index in [-0.39, 0.29) is 0 Å². The molecule has 0 bridgehead atoms. The van der Waals surface area contributed by atoms with Crippen molar-refractivity contribution >= 4 is 16.7 Å². The van der Waals surface area contributed by atoms with Crippen LogP contribution in [0.3, 0.4) is 0 Å². The highest BCUT2D eigenvalue weighted by Crippen LogP contribution is 2.36. The summed E-state index contributed by atoms with van der Waals surface area (Å²) in [7, 11) is 0. The minimum atomic E-state index is -0.600. The minimum Gasteiger partial charge on any atom is -0.364 e. The molecule has 0 spiro atoms. The van der Waals surface area contributed by atoms with Crippen molar-refractivity contribution in [3.63, 3.8) is 0 Å². The van der Waals surface area contributed by atoms with Crippen LogP contribution >= 0.6 is 0 Å². The lowest BCUT2D eigenvalue weighted by Crippen LogP contribution is -2.48. The van der Waals surface area contributed by atoms with Crippen LogP contribution < -0.4 is 5.32 Å². The van der Waals surface area contributed by atoms with Crippen LogP contribution in [0.4, 0.5) is 5.82 Å². The van der Waals surface area contributed by atoms with E-state index in [9.17, 15) is 0 Å². The molecule has 1 N–H and O–H groups in total. The van der Waals surface area contributed by atoms with Gasteiger partial charge >= 0.3 is 0 Å². The van der Waals surface area contributed by atoms with Crippen LogP contribution in [0, 0.1) is 0 Å². The van der Waals surface area contributed by atoms with Crippen LogP contribution in [0.5, 0.6) is 0 Å². The summed E-state index contributed by atoms with van der Waals surface area (Å²) in [5.41, 5.74) is 3.59. The maximum atomic E-state index is 5.98. The molecule has 0 amide bonds. The van der Waals surface area contributed by atoms with E-state index < -0.39 is 11.2 Å². The van der Waals surface area contributed by atoms with Gasteiger partial charge in [-0.05, 0) is 50.1 Å². The predicted molar refractivity (Wildman–Crippen MR) is 130 cm³/mol. The van der Waals surface area contributed by atoms with E-state index in [1.807, 2.05) is 62.4 Å². The Kier molecular flexibility index (Phi) is 5.56. The van der Waals surface area contributed by atoms with E-state index in [1.54, 1.807) is 6.20 Å². The van der Waals surface area contributed by atoms with Crippen molar-refractivity contribution < 1.29 is 9.47 Å². The standard InChI is InChI=1S/C27H28N4O2/c1-26(2)32-17-27(3,18-33-26)25-30-22-14-9-13-21(19-10-5-4-6-11-19)23(22)24(31-25)29-16-20-12-7-8-15-28-20/h4-15H,16-18H2,1-3H3,(H,29,30,31). The fourth-order valence-electron chi connectivity index (χ4n) is 3.99. The fourth-order valence-corrected chi connectivity index (χ4v) is 3.99. The zero-order valence-corrected chi connectivity index (χ0v) is 19.2. The largest absolute Gasteiger partial charge is 0.364 e. The molecule has 168 valence electrons. The Hall–Kier alpha value is -3.35. The lowest BCUT2D eigenvalue weighted by molar-refractivity contribution is -0.267. The quantitative estimate of drug-likeness (QED) is 0.451. The average molecular weight is 441 g/mol. The highest BCUT2D eigenvalue weighted by Gasteiger charge is 2.40. The Labute approximate surface area is 194 Å². The molecule has 5 rings (SSSR count). The Morgan fingerprint density at radius 3 is 2.33 bits per heavy atom. The van der Waals surface area contributed by atoms with Crippen LogP contribution in [0.2, 0.25) is 0 Å². The maximum absolute atomic E-state index is 5.98. The number of hydrogen-bond acceptors (Lipinski definition) is 6. The van der Waals surface area contributed by atoms with Crippen molar-refractivity contribution in [2.24, 2.45) is 0 Å². The Bertz CT molecular complexity index is 1250. The van der Waals surface area contributed by atoms with E-state index in [2.05, 4.69) is 35.4 Å². The molecule has 6 heteroatoms. The summed E-state index contributed by atoms with van der Waals surface area (Å²) >= 11 is 0. The minimum absolute atomic E-state index is 0.451. The molecule has 0 radical (unpaired) electrons. The van der Waals surface area contributed by atoms with Crippen molar-refractivity contribution in [1.29, 1.82) is 0 Å². The number of benzene rings is 2. The fraction of sp³-hybridized carbons (Fsp3) is 0.296. The average Bonchev–Trinajstić information content (AvgIpc) is 2.85. The van der Waals surface area contributed by atoms with Crippen molar-refractivity contribution in [2.75, 3.05) is 18.5 Å². The molecule has 1 aliphatic heterocycles. The summed E-state index contributed by atoms with van der Waals surface area (Å²) in [6.45, 7) is 7.49. The molecule has 6 nitrogen and oxygen atoms in total. The summed E-state index contributed by atoms with van der Waals surface area (Å²) in [6.07, 6.45) is 1.80. The third kappa shape index (κ3) is 4.45. The van der Waals surface area contributed by atoms with Gasteiger partial charge in [-0.25, -0.2) is 9.97 Å². The lowest BCUT2D eigenvalue weighted by Gasteiger charge is -2.40. The first kappa shape index (κ1) is 21.5. The van der Waals surface area contributed by atoms with Crippen molar-refractivity contribution in [2.45, 2.75) is 38.5 Å². The van der Waals surface area contributed by atoms with Crippen molar-refractivity contribution in [3.8, 4) is 11.1 Å². The van der Waals surface area contributed by atoms with Crippen LogP contribution in [0.1, 0.15) is 32.3 Å². The van der Waals surface area contributed by atoms with Crippen LogP contribution in [-0.4, -0.2) is 34.0 Å². The maximum Gasteiger partial charge on any atom is 0.162 e. The van der Waals surface area contributed by atoms with E-state index in [0.29, 0.717) is 25.6 Å². The number of pyridine rings is 1. The first-order valence-electron chi connectivity index (χ1n) is 11.2. The Morgan fingerprint density at radius 1 is 0.848 bits per heavy atom. The molecule has 1 saturated heterocycles. The van der Waals surface area contributed by atoms with Gasteiger partial charge < -0.3 is 14.8 Å². The molecule has 2 aromatic carbocycles. The number of rotatable bonds is 5. The third-order valence-corrected chi connectivity index (χ3v) is 5.99. The van der Waals surface area contributed by atoms with E-state index in [4.69, 9.17) is 19.4 Å². The normalized spacial score (nSPS) is 17.1. The van der Waals surface area contributed by atoms with Gasteiger partial charge in [0.2, 0.25) is 0 Å². The summed E-state index contributed by atoms with van der Waals surface area (Å²) in [6, 6.07) is 22.4.